The highest BCUT2D eigenvalue weighted by molar-refractivity contribution is 6.31. The van der Waals surface area contributed by atoms with Gasteiger partial charge in [-0.1, -0.05) is 87.0 Å². The molecule has 32 heavy (non-hydrogen) atoms. The van der Waals surface area contributed by atoms with Gasteiger partial charge >= 0.3 is 0 Å². The molecule has 164 valence electrons. The maximum Gasteiger partial charge on any atom is 0.221 e. The van der Waals surface area contributed by atoms with Gasteiger partial charge in [-0.25, -0.2) is 0 Å². The number of halogens is 1. The number of aromatic amines is 1. The summed E-state index contributed by atoms with van der Waals surface area (Å²) >= 11 is 6.30. The fourth-order valence-electron chi connectivity index (χ4n) is 4.08. The molecule has 0 saturated carbocycles. The maximum absolute atomic E-state index is 13.0. The van der Waals surface area contributed by atoms with E-state index in [0.29, 0.717) is 18.0 Å². The van der Waals surface area contributed by atoms with Crippen molar-refractivity contribution in [3.05, 3.63) is 106 Å². The van der Waals surface area contributed by atoms with Crippen molar-refractivity contribution in [3.8, 4) is 0 Å². The molecule has 1 aromatic heterocycles. The van der Waals surface area contributed by atoms with Gasteiger partial charge in [-0.15, -0.1) is 0 Å². The Morgan fingerprint density at radius 1 is 1.00 bits per heavy atom. The number of nitrogens with one attached hydrogen (secondary N) is 2. The van der Waals surface area contributed by atoms with Gasteiger partial charge in [0.2, 0.25) is 5.91 Å². The molecule has 0 aliphatic heterocycles. The van der Waals surface area contributed by atoms with Crippen molar-refractivity contribution in [3.63, 3.8) is 0 Å². The minimum Gasteiger partial charge on any atom is -0.361 e. The summed E-state index contributed by atoms with van der Waals surface area (Å²) in [7, 11) is 0. The molecule has 3 nitrogen and oxygen atoms in total. The summed E-state index contributed by atoms with van der Waals surface area (Å²) in [5.41, 5.74) is 5.66. The molecule has 2 N–H and O–H groups in total. The van der Waals surface area contributed by atoms with E-state index in [1.807, 2.05) is 54.7 Å². The van der Waals surface area contributed by atoms with Crippen LogP contribution in [0.4, 0.5) is 0 Å². The lowest BCUT2D eigenvalue weighted by molar-refractivity contribution is -0.121. The molecule has 0 radical (unpaired) electrons. The smallest absolute Gasteiger partial charge is 0.221 e. The van der Waals surface area contributed by atoms with Crippen molar-refractivity contribution in [2.75, 3.05) is 0 Å². The summed E-state index contributed by atoms with van der Waals surface area (Å²) < 4.78 is 0. The van der Waals surface area contributed by atoms with Crippen LogP contribution in [-0.2, 0) is 16.8 Å². The Morgan fingerprint density at radius 3 is 2.41 bits per heavy atom. The number of hydrogen-bond acceptors (Lipinski definition) is 1. The SMILES string of the molecule is CC(C)(C)c1ccc([C@H](CC(=O)NCc2ccccc2)c2c[nH]c3ccc(Cl)cc23)cc1. The summed E-state index contributed by atoms with van der Waals surface area (Å²) in [6, 6.07) is 24.5. The molecule has 0 aliphatic rings. The van der Waals surface area contributed by atoms with Gasteiger partial charge in [0, 0.05) is 41.0 Å². The topological polar surface area (TPSA) is 44.9 Å². The Labute approximate surface area is 194 Å². The predicted octanol–water partition coefficient (Wildman–Crippen LogP) is 6.96. The Kier molecular flexibility index (Phi) is 6.38. The van der Waals surface area contributed by atoms with Gasteiger partial charge in [-0.05, 0) is 45.9 Å². The minimum atomic E-state index is -0.0768. The predicted molar refractivity (Wildman–Crippen MR) is 133 cm³/mol. The first-order chi connectivity index (χ1) is 15.3. The lowest BCUT2D eigenvalue weighted by Gasteiger charge is -2.22. The van der Waals surface area contributed by atoms with E-state index in [9.17, 15) is 4.79 Å². The molecule has 3 aromatic carbocycles. The summed E-state index contributed by atoms with van der Waals surface area (Å²) in [6.45, 7) is 7.14. The van der Waals surface area contributed by atoms with E-state index >= 15 is 0 Å². The van der Waals surface area contributed by atoms with Crippen molar-refractivity contribution < 1.29 is 4.79 Å². The molecule has 1 amide bonds. The van der Waals surface area contributed by atoms with Crippen LogP contribution >= 0.6 is 11.6 Å². The summed E-state index contributed by atoms with van der Waals surface area (Å²) in [5.74, 6) is -0.0536. The second-order valence-electron chi connectivity index (χ2n) is 9.32. The van der Waals surface area contributed by atoms with Crippen LogP contribution in [0.2, 0.25) is 5.02 Å². The summed E-state index contributed by atoms with van der Waals surface area (Å²) in [4.78, 5) is 16.3. The third kappa shape index (κ3) is 5.05. The number of carbonyl (C=O) groups is 1. The number of rotatable bonds is 6. The quantitative estimate of drug-likeness (QED) is 0.331. The molecule has 0 spiro atoms. The van der Waals surface area contributed by atoms with Gasteiger partial charge in [-0.2, -0.15) is 0 Å². The summed E-state index contributed by atoms with van der Waals surface area (Å²) in [6.07, 6.45) is 2.37. The van der Waals surface area contributed by atoms with Crippen LogP contribution in [0.1, 0.15) is 55.4 Å². The van der Waals surface area contributed by atoms with Gasteiger partial charge in [0.15, 0.2) is 0 Å². The van der Waals surface area contributed by atoms with Crippen molar-refractivity contribution >= 4 is 28.4 Å². The van der Waals surface area contributed by atoms with Gasteiger partial charge in [0.25, 0.3) is 0 Å². The zero-order chi connectivity index (χ0) is 22.7. The van der Waals surface area contributed by atoms with E-state index < -0.39 is 0 Å². The Hall–Kier alpha value is -3.04. The van der Waals surface area contributed by atoms with Gasteiger partial charge < -0.3 is 10.3 Å². The van der Waals surface area contributed by atoms with E-state index in [2.05, 4.69) is 55.3 Å². The largest absolute Gasteiger partial charge is 0.361 e. The highest BCUT2D eigenvalue weighted by Gasteiger charge is 2.23. The zero-order valence-electron chi connectivity index (χ0n) is 18.8. The van der Waals surface area contributed by atoms with E-state index in [4.69, 9.17) is 11.6 Å². The standard InChI is InChI=1S/C28H29ClN2O/c1-28(2,3)21-11-9-20(10-12-21)23(16-27(32)31-17-19-7-5-4-6-8-19)25-18-30-26-14-13-22(29)15-24(25)26/h4-15,18,23,30H,16-17H2,1-3H3,(H,31,32)/t23-/m0/s1. The second-order valence-corrected chi connectivity index (χ2v) is 9.76. The highest BCUT2D eigenvalue weighted by Crippen LogP contribution is 2.35. The van der Waals surface area contributed by atoms with E-state index in [1.54, 1.807) is 0 Å². The molecule has 1 atom stereocenters. The third-order valence-electron chi connectivity index (χ3n) is 5.95. The average Bonchev–Trinajstić information content (AvgIpc) is 3.19. The number of fused-ring (bicyclic) bond motifs is 1. The monoisotopic (exact) mass is 444 g/mol. The maximum atomic E-state index is 13.0. The molecular weight excluding hydrogens is 416 g/mol. The van der Waals surface area contributed by atoms with Crippen LogP contribution in [0.25, 0.3) is 10.9 Å². The van der Waals surface area contributed by atoms with Crippen LogP contribution < -0.4 is 5.32 Å². The average molecular weight is 445 g/mol. The third-order valence-corrected chi connectivity index (χ3v) is 6.19. The number of aromatic nitrogens is 1. The molecule has 0 fully saturated rings. The number of hydrogen-bond donors (Lipinski definition) is 2. The van der Waals surface area contributed by atoms with Crippen molar-refractivity contribution in [2.24, 2.45) is 0 Å². The minimum absolute atomic E-state index is 0.0233. The van der Waals surface area contributed by atoms with Crippen LogP contribution in [0.3, 0.4) is 0 Å². The van der Waals surface area contributed by atoms with Gasteiger partial charge in [-0.3, -0.25) is 4.79 Å². The zero-order valence-corrected chi connectivity index (χ0v) is 19.5. The molecule has 4 aromatic rings. The molecule has 1 heterocycles. The van der Waals surface area contributed by atoms with Crippen molar-refractivity contribution in [2.45, 2.75) is 45.1 Å². The Morgan fingerprint density at radius 2 is 1.72 bits per heavy atom. The molecule has 4 rings (SSSR count). The number of amides is 1. The van der Waals surface area contributed by atoms with Crippen molar-refractivity contribution in [1.29, 1.82) is 0 Å². The van der Waals surface area contributed by atoms with E-state index in [0.717, 1.165) is 27.6 Å². The first kappa shape index (κ1) is 22.2. The molecule has 0 bridgehead atoms. The molecular formula is C28H29ClN2O. The molecule has 0 unspecified atom stereocenters. The molecule has 4 heteroatoms. The first-order valence-corrected chi connectivity index (χ1v) is 11.4. The molecule has 0 aliphatic carbocycles. The van der Waals surface area contributed by atoms with Gasteiger partial charge in [0.05, 0.1) is 0 Å². The fourth-order valence-corrected chi connectivity index (χ4v) is 4.25. The van der Waals surface area contributed by atoms with Crippen LogP contribution in [0.15, 0.2) is 79.0 Å². The molecule has 0 saturated heterocycles. The summed E-state index contributed by atoms with van der Waals surface area (Å²) in [5, 5.41) is 4.82. The van der Waals surface area contributed by atoms with Crippen LogP contribution in [-0.4, -0.2) is 10.9 Å². The number of H-pyrrole nitrogens is 1. The van der Waals surface area contributed by atoms with Crippen molar-refractivity contribution in [1.82, 2.24) is 10.3 Å². The Balaban J connectivity index is 1.64. The number of carbonyl (C=O) groups excluding carboxylic acids is 1. The normalized spacial score (nSPS) is 12.6. The van der Waals surface area contributed by atoms with E-state index in [-0.39, 0.29) is 17.2 Å². The lowest BCUT2D eigenvalue weighted by atomic mass is 9.83. The van der Waals surface area contributed by atoms with E-state index in [1.165, 1.54) is 5.56 Å². The first-order valence-electron chi connectivity index (χ1n) is 11.0. The second kappa shape index (κ2) is 9.22. The van der Waals surface area contributed by atoms with Crippen LogP contribution in [0, 0.1) is 0 Å². The highest BCUT2D eigenvalue weighted by atomic mass is 35.5. The number of benzene rings is 3. The van der Waals surface area contributed by atoms with Gasteiger partial charge in [0.1, 0.15) is 0 Å². The fraction of sp³-hybridized carbons (Fsp3) is 0.250. The lowest BCUT2D eigenvalue weighted by Crippen LogP contribution is -2.25. The van der Waals surface area contributed by atoms with Crippen LogP contribution in [0.5, 0.6) is 0 Å². The Bertz CT molecular complexity index is 1200.